The lowest BCUT2D eigenvalue weighted by molar-refractivity contribution is 0.577. The Labute approximate surface area is 123 Å². The Morgan fingerprint density at radius 3 is 2.81 bits per heavy atom. The molecule has 21 heavy (non-hydrogen) atoms. The Morgan fingerprint density at radius 1 is 1.10 bits per heavy atom. The maximum atomic E-state index is 4.72. The average Bonchev–Trinajstić information content (AvgIpc) is 3.14. The van der Waals surface area contributed by atoms with Gasteiger partial charge in [-0.2, -0.15) is 5.10 Å². The number of aromatic amines is 1. The van der Waals surface area contributed by atoms with E-state index in [4.69, 9.17) is 5.10 Å². The molecule has 0 bridgehead atoms. The Morgan fingerprint density at radius 2 is 1.95 bits per heavy atom. The van der Waals surface area contributed by atoms with E-state index in [1.165, 1.54) is 24.9 Å². The highest BCUT2D eigenvalue weighted by atomic mass is 15.3. The predicted octanol–water partition coefficient (Wildman–Crippen LogP) is 3.05. The molecule has 0 aromatic carbocycles. The molecular formula is C16H19N5. The quantitative estimate of drug-likeness (QED) is 0.785. The van der Waals surface area contributed by atoms with Crippen LogP contribution in [0.5, 0.6) is 0 Å². The van der Waals surface area contributed by atoms with Crippen LogP contribution in [0.25, 0.3) is 16.7 Å². The second-order valence-electron chi connectivity index (χ2n) is 5.66. The molecular weight excluding hydrogens is 262 g/mol. The molecule has 1 aliphatic rings. The first-order valence-electron chi connectivity index (χ1n) is 7.56. The Bertz CT molecular complexity index is 764. The molecule has 1 saturated heterocycles. The first-order valence-corrected chi connectivity index (χ1v) is 7.56. The molecule has 0 aliphatic carbocycles. The number of H-pyrrole nitrogens is 1. The number of pyridine rings is 1. The summed E-state index contributed by atoms with van der Waals surface area (Å²) >= 11 is 0. The van der Waals surface area contributed by atoms with Crippen molar-refractivity contribution in [3.05, 3.63) is 36.4 Å². The Kier molecular flexibility index (Phi) is 2.91. The van der Waals surface area contributed by atoms with Crippen molar-refractivity contribution in [2.45, 2.75) is 26.2 Å². The summed E-state index contributed by atoms with van der Waals surface area (Å²) < 4.78 is 1.98. The van der Waals surface area contributed by atoms with Gasteiger partial charge in [0.2, 0.25) is 0 Å². The molecule has 1 fully saturated rings. The van der Waals surface area contributed by atoms with Gasteiger partial charge in [0.1, 0.15) is 5.65 Å². The Balaban J connectivity index is 1.77. The number of piperidine rings is 1. The van der Waals surface area contributed by atoms with Crippen molar-refractivity contribution in [2.75, 3.05) is 18.0 Å². The van der Waals surface area contributed by atoms with Gasteiger partial charge in [-0.15, -0.1) is 0 Å². The van der Waals surface area contributed by atoms with Gasteiger partial charge in [-0.25, -0.2) is 9.67 Å². The molecule has 0 amide bonds. The summed E-state index contributed by atoms with van der Waals surface area (Å²) in [6.45, 7) is 4.38. The summed E-state index contributed by atoms with van der Waals surface area (Å²) in [6, 6.07) is 4.07. The third-order valence-corrected chi connectivity index (χ3v) is 4.25. The van der Waals surface area contributed by atoms with E-state index in [0.29, 0.717) is 0 Å². The first-order chi connectivity index (χ1) is 10.3. The van der Waals surface area contributed by atoms with Crippen molar-refractivity contribution in [1.29, 1.82) is 0 Å². The highest BCUT2D eigenvalue weighted by Gasteiger charge is 2.17. The maximum absolute atomic E-state index is 4.72. The van der Waals surface area contributed by atoms with E-state index in [0.717, 1.165) is 35.5 Å². The van der Waals surface area contributed by atoms with Gasteiger partial charge >= 0.3 is 0 Å². The molecule has 1 aliphatic heterocycles. The highest BCUT2D eigenvalue weighted by molar-refractivity contribution is 5.84. The molecule has 0 unspecified atom stereocenters. The molecule has 4 heterocycles. The van der Waals surface area contributed by atoms with Crippen LogP contribution in [0.4, 0.5) is 5.69 Å². The van der Waals surface area contributed by atoms with E-state index >= 15 is 0 Å². The number of nitrogens with one attached hydrogen (secondary N) is 1. The van der Waals surface area contributed by atoms with Crippen molar-refractivity contribution in [1.82, 2.24) is 19.7 Å². The van der Waals surface area contributed by atoms with Gasteiger partial charge in [0, 0.05) is 30.9 Å². The molecule has 5 heteroatoms. The molecule has 3 aromatic rings. The minimum absolute atomic E-state index is 0.903. The highest BCUT2D eigenvalue weighted by Crippen LogP contribution is 2.26. The lowest BCUT2D eigenvalue weighted by Gasteiger charge is -2.27. The normalized spacial score (nSPS) is 15.8. The maximum Gasteiger partial charge on any atom is 0.139 e. The lowest BCUT2D eigenvalue weighted by Crippen LogP contribution is -2.29. The van der Waals surface area contributed by atoms with Crippen LogP contribution >= 0.6 is 0 Å². The topological polar surface area (TPSA) is 49.7 Å². The zero-order valence-corrected chi connectivity index (χ0v) is 12.2. The van der Waals surface area contributed by atoms with Gasteiger partial charge in [0.05, 0.1) is 23.3 Å². The van der Waals surface area contributed by atoms with E-state index in [1.807, 2.05) is 23.1 Å². The minimum Gasteiger partial charge on any atom is -0.369 e. The van der Waals surface area contributed by atoms with Crippen LogP contribution in [0.15, 0.2) is 30.7 Å². The van der Waals surface area contributed by atoms with Crippen molar-refractivity contribution in [2.24, 2.45) is 0 Å². The largest absolute Gasteiger partial charge is 0.369 e. The van der Waals surface area contributed by atoms with Crippen molar-refractivity contribution in [3.8, 4) is 5.69 Å². The molecule has 108 valence electrons. The zero-order valence-electron chi connectivity index (χ0n) is 12.2. The molecule has 5 nitrogen and oxygen atoms in total. The van der Waals surface area contributed by atoms with Crippen LogP contribution in [0.1, 0.15) is 25.0 Å². The van der Waals surface area contributed by atoms with E-state index in [9.17, 15) is 0 Å². The fourth-order valence-electron chi connectivity index (χ4n) is 3.17. The second kappa shape index (κ2) is 4.91. The minimum atomic E-state index is 0.903. The van der Waals surface area contributed by atoms with Gasteiger partial charge in [-0.1, -0.05) is 0 Å². The van der Waals surface area contributed by atoms with Crippen LogP contribution < -0.4 is 4.90 Å². The second-order valence-corrected chi connectivity index (χ2v) is 5.66. The fraction of sp³-hybridized carbons (Fsp3) is 0.375. The third kappa shape index (κ3) is 2.09. The Hall–Kier alpha value is -2.30. The van der Waals surface area contributed by atoms with Crippen LogP contribution in [-0.2, 0) is 0 Å². The van der Waals surface area contributed by atoms with E-state index < -0.39 is 0 Å². The number of fused-ring (bicyclic) bond motifs is 1. The van der Waals surface area contributed by atoms with Crippen LogP contribution in [-0.4, -0.2) is 32.8 Å². The average molecular weight is 281 g/mol. The molecule has 0 spiro atoms. The summed E-state index contributed by atoms with van der Waals surface area (Å²) in [4.78, 5) is 9.95. The lowest BCUT2D eigenvalue weighted by atomic mass is 10.1. The summed E-state index contributed by atoms with van der Waals surface area (Å²) in [6.07, 6.45) is 9.80. The van der Waals surface area contributed by atoms with Gasteiger partial charge in [-0.3, -0.25) is 0 Å². The van der Waals surface area contributed by atoms with E-state index in [-0.39, 0.29) is 0 Å². The molecule has 0 atom stereocenters. The van der Waals surface area contributed by atoms with Crippen molar-refractivity contribution in [3.63, 3.8) is 0 Å². The van der Waals surface area contributed by atoms with E-state index in [1.54, 1.807) is 0 Å². The van der Waals surface area contributed by atoms with Crippen molar-refractivity contribution < 1.29 is 0 Å². The molecule has 0 saturated carbocycles. The number of anilines is 1. The summed E-state index contributed by atoms with van der Waals surface area (Å²) in [5.74, 6) is 0. The number of aromatic nitrogens is 4. The number of rotatable bonds is 2. The predicted molar refractivity (Wildman–Crippen MR) is 84.0 cm³/mol. The monoisotopic (exact) mass is 281 g/mol. The molecule has 3 aromatic heterocycles. The number of aryl methyl sites for hydroxylation is 1. The SMILES string of the molecule is Cc1nn(-c2ccnc3[nH]ccc23)cc1N1CCCCC1. The summed E-state index contributed by atoms with van der Waals surface area (Å²) in [5.41, 5.74) is 4.33. The van der Waals surface area contributed by atoms with Gasteiger partial charge in [0.25, 0.3) is 0 Å². The standard InChI is InChI=1S/C16H19N5/c1-12-15(20-9-3-2-4-10-20)11-21(19-12)14-6-8-18-16-13(14)5-7-17-16/h5-8,11H,2-4,9-10H2,1H3,(H,17,18). The number of hydrogen-bond donors (Lipinski definition) is 1. The van der Waals surface area contributed by atoms with E-state index in [2.05, 4.69) is 34.1 Å². The first kappa shape index (κ1) is 12.4. The fourth-order valence-corrected chi connectivity index (χ4v) is 3.17. The third-order valence-electron chi connectivity index (χ3n) is 4.25. The van der Waals surface area contributed by atoms with Crippen LogP contribution in [0.3, 0.4) is 0 Å². The molecule has 1 N–H and O–H groups in total. The summed E-state index contributed by atoms with van der Waals surface area (Å²) in [7, 11) is 0. The zero-order chi connectivity index (χ0) is 14.2. The smallest absolute Gasteiger partial charge is 0.139 e. The van der Waals surface area contributed by atoms with Gasteiger partial charge < -0.3 is 9.88 Å². The molecule has 0 radical (unpaired) electrons. The number of nitrogens with zero attached hydrogens (tertiary/aromatic N) is 4. The number of hydrogen-bond acceptors (Lipinski definition) is 3. The van der Waals surface area contributed by atoms with Crippen molar-refractivity contribution >= 4 is 16.7 Å². The van der Waals surface area contributed by atoms with Crippen LogP contribution in [0, 0.1) is 6.92 Å². The van der Waals surface area contributed by atoms with Crippen LogP contribution in [0.2, 0.25) is 0 Å². The van der Waals surface area contributed by atoms with Gasteiger partial charge in [-0.05, 0) is 38.3 Å². The van der Waals surface area contributed by atoms with Gasteiger partial charge in [0.15, 0.2) is 0 Å². The summed E-state index contributed by atoms with van der Waals surface area (Å²) in [5, 5.41) is 5.82. The molecule has 4 rings (SSSR count).